The molecule has 7 rings (SSSR count). The van der Waals surface area contributed by atoms with Crippen molar-refractivity contribution in [2.75, 3.05) is 6.61 Å². The summed E-state index contributed by atoms with van der Waals surface area (Å²) in [5.74, 6) is -6.83. The molecule has 1 aliphatic heterocycles. The molecular weight excluding hydrogens is 803 g/mol. The molecule has 0 spiro atoms. The van der Waals surface area contributed by atoms with Crippen molar-refractivity contribution < 1.29 is 67.8 Å². The van der Waals surface area contributed by atoms with Crippen molar-refractivity contribution in [3.63, 3.8) is 0 Å². The van der Waals surface area contributed by atoms with Gasteiger partial charge in [-0.15, -0.1) is 0 Å². The lowest BCUT2D eigenvalue weighted by Gasteiger charge is -2.67. The molecule has 334 valence electrons. The average Bonchev–Trinajstić information content (AvgIpc) is 3.24. The van der Waals surface area contributed by atoms with Gasteiger partial charge in [-0.1, -0.05) is 69.5 Å². The van der Waals surface area contributed by atoms with Crippen LogP contribution >= 0.6 is 0 Å². The third kappa shape index (κ3) is 7.54. The zero-order valence-corrected chi connectivity index (χ0v) is 36.0. The first kappa shape index (κ1) is 45.1. The minimum atomic E-state index is -2.36. The Kier molecular flexibility index (Phi) is 12.3. The number of Topliss-reactive ketones (excluding diaryl/α,β-unsaturated/α-hetero) is 1. The molecule has 5 aliphatic rings. The smallest absolute Gasteiger partial charge is 0.338 e. The maximum absolute atomic E-state index is 15.5. The van der Waals surface area contributed by atoms with Crippen molar-refractivity contribution in [2.24, 2.45) is 22.7 Å². The van der Waals surface area contributed by atoms with Crippen molar-refractivity contribution in [1.29, 1.82) is 0 Å². The first-order valence-electron chi connectivity index (χ1n) is 21.4. The van der Waals surface area contributed by atoms with Crippen molar-refractivity contribution in [1.82, 2.24) is 5.32 Å². The highest BCUT2D eigenvalue weighted by Gasteiger charge is 2.78. The van der Waals surface area contributed by atoms with Crippen molar-refractivity contribution in [3.8, 4) is 0 Å². The Balaban J connectivity index is 1.37. The van der Waals surface area contributed by atoms with E-state index < -0.39 is 113 Å². The van der Waals surface area contributed by atoms with Crippen LogP contribution < -0.4 is 5.32 Å². The second kappa shape index (κ2) is 17.0. The topological polar surface area (TPSA) is 221 Å². The molecule has 4 N–H and O–H groups in total. The highest BCUT2D eigenvalue weighted by atomic mass is 16.6. The van der Waals surface area contributed by atoms with E-state index >= 15 is 4.79 Å². The minimum absolute atomic E-state index is 0.0288. The molecule has 3 saturated carbocycles. The molecule has 4 aliphatic carbocycles. The van der Waals surface area contributed by atoms with Crippen molar-refractivity contribution >= 4 is 35.6 Å². The standard InChI is InChI=1S/C47H57NO14/c1-25-31(60-43(56)36(52)35(28-16-10-7-11-17-28)48-41(54)29-18-12-8-13-19-29)23-47(57)40(61-42(55)30-20-14-9-15-21-30)38-45(6,32(51)22-33-46(38,24-58-33)62-27(3)50)39(53)37(59-26(2)49)34(25)44(47,4)5/h8-9,12-15,18-21,28,31-33,35-38,40,51-52,57H,7,10-11,16-17,22-24H2,1-6H3,(H,48,54)/t31-,32-,33?,35-,36+,37+,38-,40-,45+,46-,47+/m0/s1. The largest absolute Gasteiger partial charge is 0.456 e. The van der Waals surface area contributed by atoms with Gasteiger partial charge in [-0.3, -0.25) is 19.2 Å². The Hall–Kier alpha value is -4.96. The molecule has 0 radical (unpaired) electrons. The van der Waals surface area contributed by atoms with E-state index in [2.05, 4.69) is 5.32 Å². The van der Waals surface area contributed by atoms with E-state index in [4.69, 9.17) is 23.7 Å². The van der Waals surface area contributed by atoms with E-state index in [1.807, 2.05) is 0 Å². The van der Waals surface area contributed by atoms with Crippen LogP contribution in [0.15, 0.2) is 71.8 Å². The van der Waals surface area contributed by atoms with Crippen LogP contribution in [0.4, 0.5) is 0 Å². The number of carbonyl (C=O) groups excluding carboxylic acids is 6. The second-order valence-corrected chi connectivity index (χ2v) is 18.4. The highest BCUT2D eigenvalue weighted by Crippen LogP contribution is 2.64. The lowest BCUT2D eigenvalue weighted by Crippen LogP contribution is -2.82. The summed E-state index contributed by atoms with van der Waals surface area (Å²) in [4.78, 5) is 83.7. The number of esters is 4. The zero-order chi connectivity index (χ0) is 44.9. The van der Waals surface area contributed by atoms with Gasteiger partial charge in [0.2, 0.25) is 0 Å². The number of hydrogen-bond acceptors (Lipinski definition) is 14. The number of rotatable bonds is 10. The van der Waals surface area contributed by atoms with E-state index in [1.54, 1.807) is 69.3 Å². The molecule has 2 aromatic carbocycles. The molecule has 11 atom stereocenters. The predicted molar refractivity (Wildman–Crippen MR) is 219 cm³/mol. The molecule has 1 heterocycles. The monoisotopic (exact) mass is 859 g/mol. The number of ketones is 1. The van der Waals surface area contributed by atoms with E-state index in [1.165, 1.54) is 19.1 Å². The fraction of sp³-hybridized carbons (Fsp3) is 0.574. The van der Waals surface area contributed by atoms with Crippen LogP contribution in [0.3, 0.4) is 0 Å². The first-order chi connectivity index (χ1) is 29.3. The summed E-state index contributed by atoms with van der Waals surface area (Å²) in [5.41, 5.74) is -7.13. The summed E-state index contributed by atoms with van der Waals surface area (Å²) >= 11 is 0. The maximum atomic E-state index is 15.5. The Morgan fingerprint density at radius 1 is 0.855 bits per heavy atom. The van der Waals surface area contributed by atoms with Gasteiger partial charge >= 0.3 is 23.9 Å². The number of aliphatic hydroxyl groups excluding tert-OH is 2. The van der Waals surface area contributed by atoms with Gasteiger partial charge in [-0.2, -0.15) is 0 Å². The Morgan fingerprint density at radius 2 is 1.47 bits per heavy atom. The van der Waals surface area contributed by atoms with Crippen LogP contribution in [-0.4, -0.2) is 111 Å². The minimum Gasteiger partial charge on any atom is -0.456 e. The first-order valence-corrected chi connectivity index (χ1v) is 21.4. The van der Waals surface area contributed by atoms with Gasteiger partial charge in [0, 0.05) is 37.7 Å². The van der Waals surface area contributed by atoms with Crippen LogP contribution in [0.25, 0.3) is 0 Å². The van der Waals surface area contributed by atoms with Crippen LogP contribution in [0, 0.1) is 22.7 Å². The van der Waals surface area contributed by atoms with Gasteiger partial charge in [-0.05, 0) is 68.0 Å². The average molecular weight is 860 g/mol. The molecule has 0 aromatic heterocycles. The van der Waals surface area contributed by atoms with E-state index in [0.29, 0.717) is 18.4 Å². The molecule has 1 saturated heterocycles. The number of aliphatic hydroxyl groups is 3. The molecule has 62 heavy (non-hydrogen) atoms. The lowest BCUT2D eigenvalue weighted by atomic mass is 9.44. The van der Waals surface area contributed by atoms with E-state index in [9.17, 15) is 39.3 Å². The van der Waals surface area contributed by atoms with Gasteiger partial charge < -0.3 is 44.3 Å². The van der Waals surface area contributed by atoms with Gasteiger partial charge in [0.05, 0.1) is 35.6 Å². The fourth-order valence-corrected chi connectivity index (χ4v) is 11.1. The quantitative estimate of drug-likeness (QED) is 0.151. The summed E-state index contributed by atoms with van der Waals surface area (Å²) in [5, 5.41) is 40.5. The van der Waals surface area contributed by atoms with Gasteiger partial charge in [0.25, 0.3) is 5.91 Å². The van der Waals surface area contributed by atoms with Gasteiger partial charge in [0.1, 0.15) is 23.9 Å². The van der Waals surface area contributed by atoms with E-state index in [0.717, 1.165) is 33.1 Å². The Labute approximate surface area is 360 Å². The Morgan fingerprint density at radius 3 is 2.03 bits per heavy atom. The number of fused-ring (bicyclic) bond motifs is 5. The Bertz CT molecular complexity index is 2120. The third-order valence-electron chi connectivity index (χ3n) is 14.5. The summed E-state index contributed by atoms with van der Waals surface area (Å²) in [6, 6.07) is 15.2. The number of nitrogens with one attached hydrogen (secondary N) is 1. The second-order valence-electron chi connectivity index (χ2n) is 18.4. The fourth-order valence-electron chi connectivity index (χ4n) is 11.1. The molecular formula is C47H57NO14. The van der Waals surface area contributed by atoms with Crippen LogP contribution in [-0.2, 0) is 42.9 Å². The highest BCUT2D eigenvalue weighted by molar-refractivity contribution is 5.96. The molecule has 15 heteroatoms. The van der Waals surface area contributed by atoms with Crippen LogP contribution in [0.2, 0.25) is 0 Å². The molecule has 15 nitrogen and oxygen atoms in total. The lowest BCUT2D eigenvalue weighted by molar-refractivity contribution is -0.346. The molecule has 2 bridgehead atoms. The number of ether oxygens (including phenoxy) is 5. The zero-order valence-electron chi connectivity index (χ0n) is 36.0. The number of benzene rings is 2. The molecule has 4 fully saturated rings. The van der Waals surface area contributed by atoms with Crippen LogP contribution in [0.5, 0.6) is 0 Å². The third-order valence-corrected chi connectivity index (χ3v) is 14.5. The van der Waals surface area contributed by atoms with Gasteiger partial charge in [-0.25, -0.2) is 9.59 Å². The molecule has 1 amide bonds. The SMILES string of the molecule is CC(=O)O[C@H]1C(=O)[C@]2(C)[C@@H](O)CC3OC[C@@]3(OC(C)=O)[C@H]2[C@H](OC(=O)c2ccccc2)[C@]2(O)C[C@H](OC(=O)[C@H](O)[C@@H](NC(=O)c3ccccc3)C3CCCCC3)C(C)=C1C2(C)C. The number of carbonyl (C=O) groups is 6. The van der Waals surface area contributed by atoms with Gasteiger partial charge in [0.15, 0.2) is 23.6 Å². The maximum Gasteiger partial charge on any atom is 0.338 e. The number of hydrogen-bond donors (Lipinski definition) is 4. The van der Waals surface area contributed by atoms with Crippen molar-refractivity contribution in [3.05, 3.63) is 82.9 Å². The predicted octanol–water partition coefficient (Wildman–Crippen LogP) is 3.94. The van der Waals surface area contributed by atoms with Crippen LogP contribution in [0.1, 0.15) is 107 Å². The molecule has 1 unspecified atom stereocenters. The molecule has 2 aromatic rings. The normalized spacial score (nSPS) is 33.7. The van der Waals surface area contributed by atoms with Crippen molar-refractivity contribution in [2.45, 2.75) is 140 Å². The van der Waals surface area contributed by atoms with E-state index in [-0.39, 0.29) is 35.7 Å². The summed E-state index contributed by atoms with van der Waals surface area (Å²) in [6.45, 7) is 8.11. The number of amides is 1. The summed E-state index contributed by atoms with van der Waals surface area (Å²) < 4.78 is 30.4. The summed E-state index contributed by atoms with van der Waals surface area (Å²) in [6.07, 6.45) is -6.30. The summed E-state index contributed by atoms with van der Waals surface area (Å²) in [7, 11) is 0.